The normalized spacial score (nSPS) is 25.5. The second-order valence-corrected chi connectivity index (χ2v) is 5.98. The standard InChI is InChI=1S/C16H24N2/c1-13-7-10-18(11-8-13)12-14-6-9-17-16-5-3-2-4-15(14)16/h2-5,13-14,17H,6-12H2,1H3. The molecule has 1 aromatic carbocycles. The number of hydrogen-bond donors (Lipinski definition) is 1. The van der Waals surface area contributed by atoms with E-state index in [-0.39, 0.29) is 0 Å². The minimum absolute atomic E-state index is 0.732. The maximum Gasteiger partial charge on any atom is 0.0376 e. The summed E-state index contributed by atoms with van der Waals surface area (Å²) < 4.78 is 0. The van der Waals surface area contributed by atoms with E-state index in [9.17, 15) is 0 Å². The van der Waals surface area contributed by atoms with Crippen molar-refractivity contribution in [2.45, 2.75) is 32.1 Å². The number of fused-ring (bicyclic) bond motifs is 1. The van der Waals surface area contributed by atoms with Crippen molar-refractivity contribution in [3.63, 3.8) is 0 Å². The number of anilines is 1. The van der Waals surface area contributed by atoms with Crippen LogP contribution in [0.4, 0.5) is 5.69 Å². The molecule has 2 aliphatic rings. The summed E-state index contributed by atoms with van der Waals surface area (Å²) in [4.78, 5) is 2.67. The van der Waals surface area contributed by atoms with Gasteiger partial charge in [-0.15, -0.1) is 0 Å². The van der Waals surface area contributed by atoms with Gasteiger partial charge in [0.1, 0.15) is 0 Å². The molecule has 0 aliphatic carbocycles. The smallest absolute Gasteiger partial charge is 0.0376 e. The molecule has 0 bridgehead atoms. The summed E-state index contributed by atoms with van der Waals surface area (Å²) in [6.07, 6.45) is 4.04. The molecule has 2 heterocycles. The van der Waals surface area contributed by atoms with Crippen molar-refractivity contribution in [2.75, 3.05) is 31.5 Å². The van der Waals surface area contributed by atoms with Crippen molar-refractivity contribution in [3.8, 4) is 0 Å². The first-order valence-electron chi connectivity index (χ1n) is 7.38. The van der Waals surface area contributed by atoms with E-state index in [1.54, 1.807) is 0 Å². The molecular formula is C16H24N2. The summed E-state index contributed by atoms with van der Waals surface area (Å²) in [6, 6.07) is 8.84. The van der Waals surface area contributed by atoms with Crippen LogP contribution in [0.25, 0.3) is 0 Å². The SMILES string of the molecule is CC1CCN(CC2CCNc3ccccc32)CC1. The molecule has 0 spiro atoms. The van der Waals surface area contributed by atoms with Crippen LogP contribution < -0.4 is 5.32 Å². The molecule has 1 unspecified atom stereocenters. The zero-order chi connectivity index (χ0) is 12.4. The largest absolute Gasteiger partial charge is 0.385 e. The van der Waals surface area contributed by atoms with Gasteiger partial charge in [0.05, 0.1) is 0 Å². The average Bonchev–Trinajstić information content (AvgIpc) is 2.42. The molecule has 0 radical (unpaired) electrons. The van der Waals surface area contributed by atoms with Crippen molar-refractivity contribution >= 4 is 5.69 Å². The molecule has 2 nitrogen and oxygen atoms in total. The molecule has 2 aliphatic heterocycles. The van der Waals surface area contributed by atoms with Crippen LogP contribution in [0.5, 0.6) is 0 Å². The summed E-state index contributed by atoms with van der Waals surface area (Å²) in [7, 11) is 0. The summed E-state index contributed by atoms with van der Waals surface area (Å²) >= 11 is 0. The van der Waals surface area contributed by atoms with Crippen LogP contribution in [0.3, 0.4) is 0 Å². The summed E-state index contributed by atoms with van der Waals surface area (Å²) in [5.74, 6) is 1.66. The number of rotatable bonds is 2. The average molecular weight is 244 g/mol. The van der Waals surface area contributed by atoms with E-state index in [1.807, 2.05) is 0 Å². The first-order chi connectivity index (χ1) is 8.83. The highest BCUT2D eigenvalue weighted by atomic mass is 15.1. The van der Waals surface area contributed by atoms with Crippen LogP contribution in [0.15, 0.2) is 24.3 Å². The van der Waals surface area contributed by atoms with E-state index >= 15 is 0 Å². The molecule has 98 valence electrons. The van der Waals surface area contributed by atoms with Gasteiger partial charge in [0.2, 0.25) is 0 Å². The number of nitrogens with one attached hydrogen (secondary N) is 1. The van der Waals surface area contributed by atoms with Gasteiger partial charge in [0.25, 0.3) is 0 Å². The number of para-hydroxylation sites is 1. The van der Waals surface area contributed by atoms with Crippen LogP contribution in [0.1, 0.15) is 37.7 Å². The fourth-order valence-corrected chi connectivity index (χ4v) is 3.30. The van der Waals surface area contributed by atoms with Gasteiger partial charge in [-0.05, 0) is 49.9 Å². The topological polar surface area (TPSA) is 15.3 Å². The van der Waals surface area contributed by atoms with E-state index in [1.165, 1.54) is 50.1 Å². The van der Waals surface area contributed by atoms with Gasteiger partial charge in [-0.1, -0.05) is 25.1 Å². The number of nitrogens with zero attached hydrogens (tertiary/aromatic N) is 1. The van der Waals surface area contributed by atoms with Crippen molar-refractivity contribution < 1.29 is 0 Å². The lowest BCUT2D eigenvalue weighted by molar-refractivity contribution is 0.180. The second kappa shape index (κ2) is 5.31. The minimum Gasteiger partial charge on any atom is -0.385 e. The molecule has 1 fully saturated rings. The summed E-state index contributed by atoms with van der Waals surface area (Å²) in [6.45, 7) is 7.37. The number of benzene rings is 1. The fourth-order valence-electron chi connectivity index (χ4n) is 3.30. The van der Waals surface area contributed by atoms with Crippen LogP contribution >= 0.6 is 0 Å². The molecule has 0 aromatic heterocycles. The second-order valence-electron chi connectivity index (χ2n) is 5.98. The third-order valence-electron chi connectivity index (χ3n) is 4.56. The number of piperidine rings is 1. The van der Waals surface area contributed by atoms with Gasteiger partial charge in [-0.25, -0.2) is 0 Å². The van der Waals surface area contributed by atoms with Gasteiger partial charge in [0.15, 0.2) is 0 Å². The van der Waals surface area contributed by atoms with Crippen LogP contribution in [-0.2, 0) is 0 Å². The van der Waals surface area contributed by atoms with Gasteiger partial charge < -0.3 is 10.2 Å². The maximum absolute atomic E-state index is 3.52. The Bertz CT molecular complexity index is 394. The lowest BCUT2D eigenvalue weighted by Gasteiger charge is -2.35. The fraction of sp³-hybridized carbons (Fsp3) is 0.625. The zero-order valence-electron chi connectivity index (χ0n) is 11.4. The van der Waals surface area contributed by atoms with Gasteiger partial charge in [0, 0.05) is 24.7 Å². The van der Waals surface area contributed by atoms with Crippen LogP contribution in [-0.4, -0.2) is 31.1 Å². The highest BCUT2D eigenvalue weighted by Crippen LogP contribution is 2.32. The molecule has 1 saturated heterocycles. The Morgan fingerprint density at radius 3 is 2.78 bits per heavy atom. The highest BCUT2D eigenvalue weighted by Gasteiger charge is 2.23. The monoisotopic (exact) mass is 244 g/mol. The minimum atomic E-state index is 0.732. The maximum atomic E-state index is 3.52. The van der Waals surface area contributed by atoms with Gasteiger partial charge >= 0.3 is 0 Å². The van der Waals surface area contributed by atoms with Gasteiger partial charge in [-0.3, -0.25) is 0 Å². The van der Waals surface area contributed by atoms with Gasteiger partial charge in [-0.2, -0.15) is 0 Å². The van der Waals surface area contributed by atoms with Crippen molar-refractivity contribution in [1.82, 2.24) is 4.90 Å². The van der Waals surface area contributed by atoms with E-state index in [0.29, 0.717) is 0 Å². The molecule has 1 aromatic rings. The Balaban J connectivity index is 1.67. The lowest BCUT2D eigenvalue weighted by Crippen LogP contribution is -2.37. The van der Waals surface area contributed by atoms with Crippen LogP contribution in [0, 0.1) is 5.92 Å². The molecule has 1 N–H and O–H groups in total. The quantitative estimate of drug-likeness (QED) is 0.858. The van der Waals surface area contributed by atoms with Crippen molar-refractivity contribution in [3.05, 3.63) is 29.8 Å². The first kappa shape index (κ1) is 12.0. The Morgan fingerprint density at radius 1 is 1.17 bits per heavy atom. The zero-order valence-corrected chi connectivity index (χ0v) is 11.4. The summed E-state index contributed by atoms with van der Waals surface area (Å²) in [5.41, 5.74) is 2.89. The van der Waals surface area contributed by atoms with E-state index < -0.39 is 0 Å². The lowest BCUT2D eigenvalue weighted by atomic mass is 9.89. The van der Waals surface area contributed by atoms with Crippen LogP contribution in [0.2, 0.25) is 0 Å². The molecule has 2 heteroatoms. The molecule has 1 atom stereocenters. The third kappa shape index (κ3) is 2.54. The highest BCUT2D eigenvalue weighted by molar-refractivity contribution is 5.54. The Kier molecular flexibility index (Phi) is 3.55. The molecule has 3 rings (SSSR count). The third-order valence-corrected chi connectivity index (χ3v) is 4.56. The predicted octanol–water partition coefficient (Wildman–Crippen LogP) is 3.32. The van der Waals surface area contributed by atoms with E-state index in [0.717, 1.165) is 18.4 Å². The first-order valence-corrected chi connectivity index (χ1v) is 7.38. The van der Waals surface area contributed by atoms with E-state index in [4.69, 9.17) is 0 Å². The van der Waals surface area contributed by atoms with Crippen molar-refractivity contribution in [1.29, 1.82) is 0 Å². The number of hydrogen-bond acceptors (Lipinski definition) is 2. The molecule has 18 heavy (non-hydrogen) atoms. The Morgan fingerprint density at radius 2 is 1.94 bits per heavy atom. The van der Waals surface area contributed by atoms with E-state index in [2.05, 4.69) is 41.4 Å². The Labute approximate surface area is 110 Å². The number of likely N-dealkylation sites (tertiary alicyclic amines) is 1. The molecular weight excluding hydrogens is 220 g/mol. The molecule has 0 saturated carbocycles. The molecule has 0 amide bonds. The summed E-state index contributed by atoms with van der Waals surface area (Å²) in [5, 5.41) is 3.52. The van der Waals surface area contributed by atoms with Crippen molar-refractivity contribution in [2.24, 2.45) is 5.92 Å². The Hall–Kier alpha value is -1.02. The predicted molar refractivity (Wildman–Crippen MR) is 77.1 cm³/mol.